The average molecular weight is 332 g/mol. The molecule has 2 aliphatic heterocycles. The lowest BCUT2D eigenvalue weighted by atomic mass is 9.88. The number of aliphatic hydroxyl groups is 1. The van der Waals surface area contributed by atoms with E-state index in [1.807, 2.05) is 13.8 Å². The molecular weight excluding hydrogens is 302 g/mol. The quantitative estimate of drug-likeness (QED) is 0.811. The highest BCUT2D eigenvalue weighted by Gasteiger charge is 2.45. The minimum absolute atomic E-state index is 0.0757. The summed E-state index contributed by atoms with van der Waals surface area (Å²) in [6.07, 6.45) is 1.29. The molecule has 0 aliphatic carbocycles. The molecule has 0 bridgehead atoms. The predicted molar refractivity (Wildman–Crippen MR) is 85.3 cm³/mol. The molecule has 0 aromatic rings. The Hall–Kier alpha value is -0.750. The predicted octanol–water partition coefficient (Wildman–Crippen LogP) is 2.22. The molecule has 2 fully saturated rings. The van der Waals surface area contributed by atoms with E-state index in [1.54, 1.807) is 9.80 Å². The van der Waals surface area contributed by atoms with Gasteiger partial charge in [0.15, 0.2) is 0 Å². The van der Waals surface area contributed by atoms with Gasteiger partial charge in [0.25, 0.3) is 5.92 Å². The van der Waals surface area contributed by atoms with Crippen LogP contribution in [0, 0.1) is 17.8 Å². The van der Waals surface area contributed by atoms with Crippen molar-refractivity contribution in [2.24, 2.45) is 17.8 Å². The maximum atomic E-state index is 13.4. The van der Waals surface area contributed by atoms with Crippen LogP contribution in [0.5, 0.6) is 0 Å². The van der Waals surface area contributed by atoms with Crippen molar-refractivity contribution in [1.82, 2.24) is 9.80 Å². The standard InChI is InChI=1S/C17H30F2N2O2/c1-4-13-8-21(16(23)7-12(2)3)15(10-22)14(13)9-20-6-5-17(18,19)11-20/h12-15,22H,4-11H2,1-3H3/t13-,14-,15-/m1/s1. The van der Waals surface area contributed by atoms with E-state index in [0.29, 0.717) is 26.1 Å². The second-order valence-electron chi connectivity index (χ2n) is 7.57. The first-order valence-electron chi connectivity index (χ1n) is 8.78. The second-order valence-corrected chi connectivity index (χ2v) is 7.57. The van der Waals surface area contributed by atoms with Crippen molar-refractivity contribution in [3.8, 4) is 0 Å². The summed E-state index contributed by atoms with van der Waals surface area (Å²) in [4.78, 5) is 16.1. The van der Waals surface area contributed by atoms with Gasteiger partial charge in [-0.3, -0.25) is 9.69 Å². The summed E-state index contributed by atoms with van der Waals surface area (Å²) in [5.74, 6) is -1.89. The molecule has 2 aliphatic rings. The van der Waals surface area contributed by atoms with Crippen molar-refractivity contribution in [1.29, 1.82) is 0 Å². The van der Waals surface area contributed by atoms with Crippen LogP contribution in [0.4, 0.5) is 8.78 Å². The zero-order valence-electron chi connectivity index (χ0n) is 14.5. The summed E-state index contributed by atoms with van der Waals surface area (Å²) >= 11 is 0. The van der Waals surface area contributed by atoms with Crippen LogP contribution in [0.3, 0.4) is 0 Å². The molecule has 1 amide bonds. The lowest BCUT2D eigenvalue weighted by Gasteiger charge is -2.30. The second kappa shape index (κ2) is 7.43. The van der Waals surface area contributed by atoms with Gasteiger partial charge in [-0.15, -0.1) is 0 Å². The first-order valence-corrected chi connectivity index (χ1v) is 8.78. The van der Waals surface area contributed by atoms with E-state index in [9.17, 15) is 18.7 Å². The average Bonchev–Trinajstić information content (AvgIpc) is 2.98. The van der Waals surface area contributed by atoms with Crippen molar-refractivity contribution in [2.45, 2.75) is 52.0 Å². The van der Waals surface area contributed by atoms with Gasteiger partial charge in [0.05, 0.1) is 19.2 Å². The molecule has 0 spiro atoms. The molecule has 0 radical (unpaired) electrons. The maximum absolute atomic E-state index is 13.4. The summed E-state index contributed by atoms with van der Waals surface area (Å²) in [6, 6.07) is -0.236. The van der Waals surface area contributed by atoms with Crippen LogP contribution >= 0.6 is 0 Å². The van der Waals surface area contributed by atoms with Crippen LogP contribution in [0.15, 0.2) is 0 Å². The number of hydrogen-bond acceptors (Lipinski definition) is 3. The number of carbonyl (C=O) groups is 1. The molecule has 134 valence electrons. The Morgan fingerprint density at radius 2 is 2.09 bits per heavy atom. The number of amides is 1. The fourth-order valence-electron chi connectivity index (χ4n) is 4.02. The summed E-state index contributed by atoms with van der Waals surface area (Å²) in [6.45, 7) is 7.38. The molecule has 0 aromatic carbocycles. The summed E-state index contributed by atoms with van der Waals surface area (Å²) < 4.78 is 26.8. The monoisotopic (exact) mass is 332 g/mol. The summed E-state index contributed by atoms with van der Waals surface area (Å²) in [5.41, 5.74) is 0. The van der Waals surface area contributed by atoms with E-state index in [1.165, 1.54) is 0 Å². The lowest BCUT2D eigenvalue weighted by Crippen LogP contribution is -2.44. The highest BCUT2D eigenvalue weighted by atomic mass is 19.3. The molecule has 2 saturated heterocycles. The molecule has 23 heavy (non-hydrogen) atoms. The molecule has 1 N–H and O–H groups in total. The Balaban J connectivity index is 2.06. The summed E-state index contributed by atoms with van der Waals surface area (Å²) in [7, 11) is 0. The number of aliphatic hydroxyl groups excluding tert-OH is 1. The maximum Gasteiger partial charge on any atom is 0.261 e. The minimum atomic E-state index is -2.60. The van der Waals surface area contributed by atoms with Crippen molar-refractivity contribution in [3.63, 3.8) is 0 Å². The van der Waals surface area contributed by atoms with Crippen LogP contribution in [0.2, 0.25) is 0 Å². The first kappa shape index (κ1) is 18.6. The zero-order chi connectivity index (χ0) is 17.2. The van der Waals surface area contributed by atoms with Gasteiger partial charge in [0.1, 0.15) is 0 Å². The van der Waals surface area contributed by atoms with Gasteiger partial charge in [-0.1, -0.05) is 27.2 Å². The number of nitrogens with zero attached hydrogens (tertiary/aromatic N) is 2. The lowest BCUT2D eigenvalue weighted by molar-refractivity contribution is -0.134. The van der Waals surface area contributed by atoms with E-state index in [2.05, 4.69) is 6.92 Å². The van der Waals surface area contributed by atoms with E-state index in [4.69, 9.17) is 0 Å². The van der Waals surface area contributed by atoms with Crippen LogP contribution in [0.1, 0.15) is 40.0 Å². The number of rotatable bonds is 6. The highest BCUT2D eigenvalue weighted by Crippen LogP contribution is 2.36. The number of carbonyl (C=O) groups excluding carboxylic acids is 1. The first-order chi connectivity index (χ1) is 10.8. The highest BCUT2D eigenvalue weighted by molar-refractivity contribution is 5.77. The van der Waals surface area contributed by atoms with Crippen molar-refractivity contribution < 1.29 is 18.7 Å². The van der Waals surface area contributed by atoms with Crippen molar-refractivity contribution >= 4 is 5.91 Å². The normalized spacial score (nSPS) is 31.3. The Morgan fingerprint density at radius 3 is 2.57 bits per heavy atom. The largest absolute Gasteiger partial charge is 0.394 e. The van der Waals surface area contributed by atoms with Gasteiger partial charge in [-0.2, -0.15) is 0 Å². The number of hydrogen-bond donors (Lipinski definition) is 1. The Kier molecular flexibility index (Phi) is 6.00. The Labute approximate surface area is 137 Å². The van der Waals surface area contributed by atoms with Gasteiger partial charge in [-0.25, -0.2) is 8.78 Å². The number of alkyl halides is 2. The van der Waals surface area contributed by atoms with E-state index in [-0.39, 0.29) is 49.3 Å². The number of likely N-dealkylation sites (tertiary alicyclic amines) is 2. The molecule has 0 unspecified atom stereocenters. The third kappa shape index (κ3) is 4.41. The topological polar surface area (TPSA) is 43.8 Å². The Bertz CT molecular complexity index is 417. The van der Waals surface area contributed by atoms with Crippen LogP contribution in [-0.4, -0.2) is 65.6 Å². The molecule has 4 nitrogen and oxygen atoms in total. The van der Waals surface area contributed by atoms with E-state index in [0.717, 1.165) is 6.42 Å². The molecule has 0 saturated carbocycles. The van der Waals surface area contributed by atoms with E-state index < -0.39 is 5.92 Å². The molecule has 3 atom stereocenters. The zero-order valence-corrected chi connectivity index (χ0v) is 14.5. The van der Waals surface area contributed by atoms with Crippen LogP contribution < -0.4 is 0 Å². The molecule has 2 rings (SSSR count). The third-order valence-electron chi connectivity index (χ3n) is 5.26. The van der Waals surface area contributed by atoms with Crippen LogP contribution in [-0.2, 0) is 4.79 Å². The molecular formula is C17H30F2N2O2. The fraction of sp³-hybridized carbons (Fsp3) is 0.941. The molecule has 6 heteroatoms. The van der Waals surface area contributed by atoms with Gasteiger partial charge < -0.3 is 10.0 Å². The smallest absolute Gasteiger partial charge is 0.261 e. The molecule has 0 aromatic heterocycles. The third-order valence-corrected chi connectivity index (χ3v) is 5.26. The van der Waals surface area contributed by atoms with E-state index >= 15 is 0 Å². The van der Waals surface area contributed by atoms with Gasteiger partial charge >= 0.3 is 0 Å². The SMILES string of the molecule is CC[C@@H]1CN(C(=O)CC(C)C)[C@H](CO)[C@@H]1CN1CCC(F)(F)C1. The number of halogens is 2. The van der Waals surface area contributed by atoms with Crippen molar-refractivity contribution in [3.05, 3.63) is 0 Å². The molecule has 2 heterocycles. The van der Waals surface area contributed by atoms with Gasteiger partial charge in [0.2, 0.25) is 5.91 Å². The fourth-order valence-corrected chi connectivity index (χ4v) is 4.02. The Morgan fingerprint density at radius 1 is 1.39 bits per heavy atom. The van der Waals surface area contributed by atoms with Gasteiger partial charge in [-0.05, 0) is 17.8 Å². The minimum Gasteiger partial charge on any atom is -0.394 e. The van der Waals surface area contributed by atoms with Crippen molar-refractivity contribution in [2.75, 3.05) is 32.8 Å². The van der Waals surface area contributed by atoms with Gasteiger partial charge in [0, 0.05) is 32.5 Å². The van der Waals surface area contributed by atoms with Crippen LogP contribution in [0.25, 0.3) is 0 Å². The summed E-state index contributed by atoms with van der Waals surface area (Å²) in [5, 5.41) is 9.82.